The summed E-state index contributed by atoms with van der Waals surface area (Å²) in [6, 6.07) is 0. The van der Waals surface area contributed by atoms with Crippen LogP contribution in [0.25, 0.3) is 0 Å². The predicted octanol–water partition coefficient (Wildman–Crippen LogP) is 5.45. The van der Waals surface area contributed by atoms with E-state index in [1.165, 1.54) is 30.4 Å². The van der Waals surface area contributed by atoms with E-state index in [9.17, 15) is 4.79 Å². The molecule has 2 rings (SSSR count). The second kappa shape index (κ2) is 7.16. The third-order valence-electron chi connectivity index (χ3n) is 4.82. The van der Waals surface area contributed by atoms with E-state index < -0.39 is 0 Å². The molecular formula is C21H28O2. The SMILES string of the molecule is CC1=CCOC(=O)/C1=C/C=C(C)/C=C/C1=C(C)CCCC1(C)C. The van der Waals surface area contributed by atoms with Gasteiger partial charge in [-0.15, -0.1) is 0 Å². The van der Waals surface area contributed by atoms with Gasteiger partial charge in [-0.3, -0.25) is 0 Å². The number of carbonyl (C=O) groups is 1. The maximum Gasteiger partial charge on any atom is 0.338 e. The van der Waals surface area contributed by atoms with Crippen LogP contribution < -0.4 is 0 Å². The maximum atomic E-state index is 11.8. The lowest BCUT2D eigenvalue weighted by Gasteiger charge is -2.32. The normalized spacial score (nSPS) is 24.2. The summed E-state index contributed by atoms with van der Waals surface area (Å²) >= 11 is 0. The highest BCUT2D eigenvalue weighted by atomic mass is 16.5. The van der Waals surface area contributed by atoms with Crippen LogP contribution in [0, 0.1) is 5.41 Å². The van der Waals surface area contributed by atoms with Crippen LogP contribution in [-0.2, 0) is 9.53 Å². The molecule has 0 saturated carbocycles. The van der Waals surface area contributed by atoms with Crippen molar-refractivity contribution in [3.05, 3.63) is 58.2 Å². The molecule has 0 spiro atoms. The number of esters is 1. The third kappa shape index (κ3) is 4.34. The Hall–Kier alpha value is -1.83. The van der Waals surface area contributed by atoms with Crippen molar-refractivity contribution in [1.29, 1.82) is 0 Å². The molecule has 0 atom stereocenters. The molecular weight excluding hydrogens is 284 g/mol. The quantitative estimate of drug-likeness (QED) is 0.394. The first-order valence-electron chi connectivity index (χ1n) is 8.42. The third-order valence-corrected chi connectivity index (χ3v) is 4.82. The van der Waals surface area contributed by atoms with Crippen molar-refractivity contribution >= 4 is 5.97 Å². The molecule has 0 amide bonds. The summed E-state index contributed by atoms with van der Waals surface area (Å²) in [6.07, 6.45) is 13.9. The highest BCUT2D eigenvalue weighted by Crippen LogP contribution is 2.40. The van der Waals surface area contributed by atoms with Gasteiger partial charge < -0.3 is 4.74 Å². The van der Waals surface area contributed by atoms with Crippen LogP contribution in [-0.4, -0.2) is 12.6 Å². The largest absolute Gasteiger partial charge is 0.458 e. The average Bonchev–Trinajstić information content (AvgIpc) is 2.45. The lowest BCUT2D eigenvalue weighted by Crippen LogP contribution is -2.19. The number of hydrogen-bond acceptors (Lipinski definition) is 2. The van der Waals surface area contributed by atoms with Crippen LogP contribution >= 0.6 is 0 Å². The Balaban J connectivity index is 2.18. The van der Waals surface area contributed by atoms with Gasteiger partial charge in [0.1, 0.15) is 6.61 Å². The van der Waals surface area contributed by atoms with E-state index in [-0.39, 0.29) is 11.4 Å². The second-order valence-electron chi connectivity index (χ2n) is 7.24. The molecule has 0 N–H and O–H groups in total. The predicted molar refractivity (Wildman–Crippen MR) is 96.0 cm³/mol. The topological polar surface area (TPSA) is 26.3 Å². The van der Waals surface area contributed by atoms with Crippen molar-refractivity contribution in [1.82, 2.24) is 0 Å². The number of ether oxygens (including phenoxy) is 1. The number of hydrogen-bond donors (Lipinski definition) is 0. The van der Waals surface area contributed by atoms with E-state index in [4.69, 9.17) is 4.74 Å². The Kier molecular flexibility index (Phi) is 5.46. The van der Waals surface area contributed by atoms with Gasteiger partial charge in [0.2, 0.25) is 0 Å². The molecule has 0 fully saturated rings. The zero-order valence-electron chi connectivity index (χ0n) is 15.0. The van der Waals surface area contributed by atoms with Crippen LogP contribution in [0.4, 0.5) is 0 Å². The smallest absolute Gasteiger partial charge is 0.338 e. The molecule has 1 aliphatic carbocycles. The first-order valence-corrected chi connectivity index (χ1v) is 8.42. The Bertz CT molecular complexity index is 637. The fourth-order valence-electron chi connectivity index (χ4n) is 3.29. The average molecular weight is 312 g/mol. The van der Waals surface area contributed by atoms with Crippen LogP contribution in [0.2, 0.25) is 0 Å². The van der Waals surface area contributed by atoms with Crippen LogP contribution in [0.3, 0.4) is 0 Å². The molecule has 0 aromatic heterocycles. The fraction of sp³-hybridized carbons (Fsp3) is 0.476. The van der Waals surface area contributed by atoms with Gasteiger partial charge in [0.05, 0.1) is 5.57 Å². The van der Waals surface area contributed by atoms with Gasteiger partial charge in [-0.2, -0.15) is 0 Å². The van der Waals surface area contributed by atoms with Crippen LogP contribution in [0.5, 0.6) is 0 Å². The van der Waals surface area contributed by atoms with E-state index in [1.807, 2.05) is 25.2 Å². The van der Waals surface area contributed by atoms with E-state index in [0.29, 0.717) is 12.2 Å². The molecule has 2 aliphatic rings. The summed E-state index contributed by atoms with van der Waals surface area (Å²) in [5.41, 5.74) is 5.98. The Labute approximate surface area is 140 Å². The number of cyclic esters (lactones) is 1. The summed E-state index contributed by atoms with van der Waals surface area (Å²) in [4.78, 5) is 11.8. The zero-order valence-corrected chi connectivity index (χ0v) is 15.0. The van der Waals surface area contributed by atoms with E-state index in [0.717, 1.165) is 11.1 Å². The maximum absolute atomic E-state index is 11.8. The fourth-order valence-corrected chi connectivity index (χ4v) is 3.29. The monoisotopic (exact) mass is 312 g/mol. The van der Waals surface area contributed by atoms with Crippen molar-refractivity contribution in [3.63, 3.8) is 0 Å². The Morgan fingerprint density at radius 1 is 1.30 bits per heavy atom. The summed E-state index contributed by atoms with van der Waals surface area (Å²) in [5.74, 6) is -0.231. The molecule has 0 unspecified atom stereocenters. The van der Waals surface area contributed by atoms with Gasteiger partial charge in [0, 0.05) is 0 Å². The molecule has 1 heterocycles. The molecule has 0 aromatic rings. The zero-order chi connectivity index (χ0) is 17.0. The highest BCUT2D eigenvalue weighted by molar-refractivity contribution is 5.94. The molecule has 1 aliphatic heterocycles. The van der Waals surface area contributed by atoms with Gasteiger partial charge in [0.25, 0.3) is 0 Å². The van der Waals surface area contributed by atoms with Crippen LogP contribution in [0.15, 0.2) is 58.2 Å². The van der Waals surface area contributed by atoms with Crippen molar-refractivity contribution in [3.8, 4) is 0 Å². The second-order valence-corrected chi connectivity index (χ2v) is 7.24. The minimum atomic E-state index is -0.231. The van der Waals surface area contributed by atoms with Gasteiger partial charge in [-0.1, -0.05) is 43.2 Å². The van der Waals surface area contributed by atoms with Gasteiger partial charge in [0.15, 0.2) is 0 Å². The van der Waals surface area contributed by atoms with Crippen molar-refractivity contribution in [2.75, 3.05) is 6.61 Å². The number of allylic oxidation sites excluding steroid dienone is 7. The summed E-state index contributed by atoms with van der Waals surface area (Å²) in [6.45, 7) is 11.3. The molecule has 124 valence electrons. The summed E-state index contributed by atoms with van der Waals surface area (Å²) in [7, 11) is 0. The van der Waals surface area contributed by atoms with Gasteiger partial charge >= 0.3 is 5.97 Å². The molecule has 0 radical (unpaired) electrons. The van der Waals surface area contributed by atoms with E-state index in [1.54, 1.807) is 0 Å². The first kappa shape index (κ1) is 17.5. The molecule has 0 aromatic carbocycles. The summed E-state index contributed by atoms with van der Waals surface area (Å²) in [5, 5.41) is 0. The minimum Gasteiger partial charge on any atom is -0.458 e. The van der Waals surface area contributed by atoms with Crippen molar-refractivity contribution in [2.45, 2.75) is 53.9 Å². The highest BCUT2D eigenvalue weighted by Gasteiger charge is 2.26. The Morgan fingerprint density at radius 3 is 2.70 bits per heavy atom. The van der Waals surface area contributed by atoms with Crippen molar-refractivity contribution < 1.29 is 9.53 Å². The van der Waals surface area contributed by atoms with Crippen molar-refractivity contribution in [2.24, 2.45) is 5.41 Å². The summed E-state index contributed by atoms with van der Waals surface area (Å²) < 4.78 is 5.05. The van der Waals surface area contributed by atoms with E-state index >= 15 is 0 Å². The lowest BCUT2D eigenvalue weighted by molar-refractivity contribution is -0.138. The molecule has 23 heavy (non-hydrogen) atoms. The minimum absolute atomic E-state index is 0.231. The van der Waals surface area contributed by atoms with Gasteiger partial charge in [-0.25, -0.2) is 4.79 Å². The number of rotatable bonds is 3. The lowest BCUT2D eigenvalue weighted by atomic mass is 9.72. The standard InChI is InChI=1S/C21H28O2/c1-15(8-10-18-16(2)12-14-23-20(18)22)9-11-19-17(3)7-6-13-21(19,4)5/h8-12H,6-7,13-14H2,1-5H3/b11-9+,15-8+,18-10+. The van der Waals surface area contributed by atoms with Gasteiger partial charge in [-0.05, 0) is 68.7 Å². The molecule has 0 bridgehead atoms. The number of carbonyl (C=O) groups excluding carboxylic acids is 1. The Morgan fingerprint density at radius 2 is 2.04 bits per heavy atom. The van der Waals surface area contributed by atoms with E-state index in [2.05, 4.69) is 39.8 Å². The first-order chi connectivity index (χ1) is 10.8. The van der Waals surface area contributed by atoms with Crippen LogP contribution in [0.1, 0.15) is 53.9 Å². The molecule has 2 heteroatoms. The molecule has 0 saturated heterocycles. The molecule has 2 nitrogen and oxygen atoms in total.